The first kappa shape index (κ1) is 16.5. The normalized spacial score (nSPS) is 10.9. The van der Waals surface area contributed by atoms with Crippen LogP contribution in [0.1, 0.15) is 21.6 Å². The van der Waals surface area contributed by atoms with Crippen molar-refractivity contribution in [1.29, 1.82) is 0 Å². The molecular weight excluding hydrogens is 324 g/mol. The van der Waals surface area contributed by atoms with Gasteiger partial charge in [0.15, 0.2) is 6.29 Å². The first-order valence-corrected chi connectivity index (χ1v) is 8.69. The molecule has 0 aliphatic heterocycles. The fourth-order valence-corrected chi connectivity index (χ4v) is 2.96. The third-order valence-electron chi connectivity index (χ3n) is 3.68. The number of hydrogen-bond donors (Lipinski definition) is 0. The zero-order chi connectivity index (χ0) is 16.9. The Balaban J connectivity index is 1.71. The highest BCUT2D eigenvalue weighted by Crippen LogP contribution is 2.21. The Morgan fingerprint density at radius 3 is 2.62 bits per heavy atom. The largest absolute Gasteiger partial charge is 0.497 e. The number of benzene rings is 1. The minimum atomic E-state index is 0.389. The second kappa shape index (κ2) is 7.51. The Kier molecular flexibility index (Phi) is 5.17. The van der Waals surface area contributed by atoms with Gasteiger partial charge in [-0.2, -0.15) is 5.10 Å². The molecule has 2 aromatic heterocycles. The summed E-state index contributed by atoms with van der Waals surface area (Å²) in [4.78, 5) is 11.2. The molecule has 0 unspecified atom stereocenters. The summed E-state index contributed by atoms with van der Waals surface area (Å²) in [6.45, 7) is 0.883. The van der Waals surface area contributed by atoms with Crippen LogP contribution in [0.25, 0.3) is 5.52 Å². The maximum atomic E-state index is 11.2. The van der Waals surface area contributed by atoms with Crippen molar-refractivity contribution in [2.24, 2.45) is 0 Å². The summed E-state index contributed by atoms with van der Waals surface area (Å²) in [7, 11) is 1.64. The number of methoxy groups -OCH3 is 1. The second-order valence-corrected chi connectivity index (χ2v) is 6.05. The molecule has 0 aliphatic rings. The molecule has 0 saturated carbocycles. The SMILES string of the molecule is COc1ccc(COCc2cc3c(C=O)ccc(SC)n3n2)cc1. The van der Waals surface area contributed by atoms with E-state index in [9.17, 15) is 4.79 Å². The van der Waals surface area contributed by atoms with Crippen molar-refractivity contribution < 1.29 is 14.3 Å². The Bertz CT molecular complexity index is 843. The zero-order valence-electron chi connectivity index (χ0n) is 13.6. The number of rotatable bonds is 7. The smallest absolute Gasteiger partial charge is 0.152 e. The number of pyridine rings is 1. The highest BCUT2D eigenvalue weighted by molar-refractivity contribution is 7.98. The van der Waals surface area contributed by atoms with E-state index in [1.807, 2.05) is 48.7 Å². The van der Waals surface area contributed by atoms with E-state index < -0.39 is 0 Å². The third-order valence-corrected chi connectivity index (χ3v) is 4.41. The minimum Gasteiger partial charge on any atom is -0.497 e. The molecule has 0 N–H and O–H groups in total. The molecule has 0 bridgehead atoms. The van der Waals surface area contributed by atoms with Crippen molar-refractivity contribution in [3.05, 3.63) is 59.3 Å². The summed E-state index contributed by atoms with van der Waals surface area (Å²) < 4.78 is 12.7. The van der Waals surface area contributed by atoms with E-state index in [1.165, 1.54) is 0 Å². The van der Waals surface area contributed by atoms with E-state index in [-0.39, 0.29) is 0 Å². The summed E-state index contributed by atoms with van der Waals surface area (Å²) in [6.07, 6.45) is 2.83. The first-order chi connectivity index (χ1) is 11.7. The molecule has 2 heterocycles. The van der Waals surface area contributed by atoms with E-state index in [0.29, 0.717) is 18.8 Å². The molecule has 0 spiro atoms. The number of hydrogen-bond acceptors (Lipinski definition) is 5. The molecule has 0 fully saturated rings. The Labute approximate surface area is 144 Å². The minimum absolute atomic E-state index is 0.389. The number of aldehydes is 1. The number of aromatic nitrogens is 2. The predicted octanol–water partition coefficient (Wildman–Crippen LogP) is 3.59. The van der Waals surface area contributed by atoms with Crippen molar-refractivity contribution >= 4 is 23.6 Å². The monoisotopic (exact) mass is 342 g/mol. The molecule has 0 atom stereocenters. The molecule has 3 rings (SSSR count). The van der Waals surface area contributed by atoms with Gasteiger partial charge in [0.05, 0.1) is 36.6 Å². The predicted molar refractivity (Wildman–Crippen MR) is 93.8 cm³/mol. The van der Waals surface area contributed by atoms with Crippen molar-refractivity contribution in [3.63, 3.8) is 0 Å². The molecule has 0 radical (unpaired) electrons. The molecule has 1 aromatic carbocycles. The maximum Gasteiger partial charge on any atom is 0.152 e. The lowest BCUT2D eigenvalue weighted by atomic mass is 10.2. The molecule has 0 saturated heterocycles. The molecule has 0 aliphatic carbocycles. The molecule has 6 heteroatoms. The van der Waals surface area contributed by atoms with Gasteiger partial charge in [-0.05, 0) is 42.2 Å². The van der Waals surface area contributed by atoms with Gasteiger partial charge in [0.25, 0.3) is 0 Å². The molecule has 5 nitrogen and oxygen atoms in total. The molecular formula is C18H18N2O3S. The number of nitrogens with zero attached hydrogens (tertiary/aromatic N) is 2. The van der Waals surface area contributed by atoms with E-state index in [0.717, 1.165) is 33.8 Å². The van der Waals surface area contributed by atoms with Gasteiger partial charge in [-0.25, -0.2) is 4.52 Å². The van der Waals surface area contributed by atoms with E-state index >= 15 is 0 Å². The van der Waals surface area contributed by atoms with E-state index in [2.05, 4.69) is 5.10 Å². The van der Waals surface area contributed by atoms with Crippen LogP contribution in [0.3, 0.4) is 0 Å². The van der Waals surface area contributed by atoms with Gasteiger partial charge >= 0.3 is 0 Å². The van der Waals surface area contributed by atoms with Gasteiger partial charge in [0.2, 0.25) is 0 Å². The van der Waals surface area contributed by atoms with Crippen LogP contribution < -0.4 is 4.74 Å². The van der Waals surface area contributed by atoms with Crippen LogP contribution >= 0.6 is 11.8 Å². The van der Waals surface area contributed by atoms with Crippen molar-refractivity contribution in [3.8, 4) is 5.75 Å². The third kappa shape index (κ3) is 3.44. The highest BCUT2D eigenvalue weighted by Gasteiger charge is 2.09. The zero-order valence-corrected chi connectivity index (χ0v) is 14.4. The fraction of sp³-hybridized carbons (Fsp3) is 0.222. The van der Waals surface area contributed by atoms with Crippen LogP contribution in [-0.4, -0.2) is 29.3 Å². The summed E-state index contributed by atoms with van der Waals surface area (Å²) in [5.41, 5.74) is 3.30. The summed E-state index contributed by atoms with van der Waals surface area (Å²) in [6, 6.07) is 13.4. The number of carbonyl (C=O) groups excluding carboxylic acids is 1. The average molecular weight is 342 g/mol. The van der Waals surface area contributed by atoms with Crippen LogP contribution in [0.2, 0.25) is 0 Å². The Morgan fingerprint density at radius 1 is 1.17 bits per heavy atom. The van der Waals surface area contributed by atoms with E-state index in [1.54, 1.807) is 23.4 Å². The average Bonchev–Trinajstić information content (AvgIpc) is 3.05. The topological polar surface area (TPSA) is 52.8 Å². The highest BCUT2D eigenvalue weighted by atomic mass is 32.2. The van der Waals surface area contributed by atoms with Gasteiger partial charge in [-0.1, -0.05) is 12.1 Å². The van der Waals surface area contributed by atoms with Crippen LogP contribution in [0.4, 0.5) is 0 Å². The summed E-state index contributed by atoms with van der Waals surface area (Å²) in [5, 5.41) is 5.53. The lowest BCUT2D eigenvalue weighted by Gasteiger charge is -2.04. The van der Waals surface area contributed by atoms with Crippen molar-refractivity contribution in [2.45, 2.75) is 18.2 Å². The number of ether oxygens (including phenoxy) is 2. The van der Waals surface area contributed by atoms with Crippen LogP contribution in [0.5, 0.6) is 5.75 Å². The lowest BCUT2D eigenvalue weighted by molar-refractivity contribution is 0.104. The number of thioether (sulfide) groups is 1. The van der Waals surface area contributed by atoms with Crippen LogP contribution in [0.15, 0.2) is 47.5 Å². The van der Waals surface area contributed by atoms with Crippen LogP contribution in [-0.2, 0) is 18.0 Å². The van der Waals surface area contributed by atoms with Gasteiger partial charge in [-0.15, -0.1) is 11.8 Å². The van der Waals surface area contributed by atoms with Crippen molar-refractivity contribution in [1.82, 2.24) is 9.61 Å². The summed E-state index contributed by atoms with van der Waals surface area (Å²) in [5.74, 6) is 0.824. The van der Waals surface area contributed by atoms with Gasteiger partial charge < -0.3 is 9.47 Å². The second-order valence-electron chi connectivity index (χ2n) is 5.22. The molecule has 3 aromatic rings. The quantitative estimate of drug-likeness (QED) is 0.485. The Hall–Kier alpha value is -2.31. The maximum absolute atomic E-state index is 11.2. The van der Waals surface area contributed by atoms with Gasteiger partial charge in [0.1, 0.15) is 5.75 Å². The van der Waals surface area contributed by atoms with Gasteiger partial charge in [0, 0.05) is 5.56 Å². The molecule has 0 amide bonds. The first-order valence-electron chi connectivity index (χ1n) is 7.46. The molecule has 24 heavy (non-hydrogen) atoms. The van der Waals surface area contributed by atoms with Crippen molar-refractivity contribution in [2.75, 3.05) is 13.4 Å². The van der Waals surface area contributed by atoms with Gasteiger partial charge in [-0.3, -0.25) is 4.79 Å². The number of fused-ring (bicyclic) bond motifs is 1. The lowest BCUT2D eigenvalue weighted by Crippen LogP contribution is -1.97. The Morgan fingerprint density at radius 2 is 1.96 bits per heavy atom. The standard InChI is InChI=1S/C18H18N2O3S/c1-22-16-6-3-13(4-7-16)11-23-12-15-9-17-14(10-21)5-8-18(24-2)20(17)19-15/h3-10H,11-12H2,1-2H3. The van der Waals surface area contributed by atoms with E-state index in [4.69, 9.17) is 9.47 Å². The fourth-order valence-electron chi connectivity index (χ4n) is 2.44. The van der Waals surface area contributed by atoms with Crippen LogP contribution in [0, 0.1) is 0 Å². The molecule has 124 valence electrons. The number of carbonyl (C=O) groups is 1. The summed E-state index contributed by atoms with van der Waals surface area (Å²) >= 11 is 1.59.